The van der Waals surface area contributed by atoms with Crippen molar-refractivity contribution in [1.29, 1.82) is 0 Å². The van der Waals surface area contributed by atoms with E-state index in [1.807, 2.05) is 37.3 Å². The Kier molecular flexibility index (Phi) is 8.41. The van der Waals surface area contributed by atoms with Gasteiger partial charge in [0, 0.05) is 24.8 Å². The molecule has 1 aromatic heterocycles. The van der Waals surface area contributed by atoms with Gasteiger partial charge in [0.2, 0.25) is 0 Å². The van der Waals surface area contributed by atoms with Crippen molar-refractivity contribution in [3.05, 3.63) is 53.9 Å². The van der Waals surface area contributed by atoms with E-state index in [0.717, 1.165) is 55.2 Å². The average Bonchev–Trinajstić information content (AvgIpc) is 3.14. The van der Waals surface area contributed by atoms with Crippen LogP contribution >= 0.6 is 0 Å². The maximum Gasteiger partial charge on any atom is 0.197 e. The van der Waals surface area contributed by atoms with Crippen LogP contribution in [0.15, 0.2) is 42.5 Å². The Morgan fingerprint density at radius 2 is 1.88 bits per heavy atom. The maximum absolute atomic E-state index is 9.50. The van der Waals surface area contributed by atoms with Crippen LogP contribution in [0.1, 0.15) is 30.3 Å². The number of aryl methyl sites for hydroxylation is 1. The molecule has 0 spiro atoms. The van der Waals surface area contributed by atoms with Gasteiger partial charge in [0.15, 0.2) is 11.9 Å². The first-order chi connectivity index (χ1) is 15.1. The molecule has 0 saturated carbocycles. The standard InChI is InChI=1S/C23H34N6O2.H2O/c1-17-5-4-8-21(25-17)22(31-16-15-30)23(27-19-6-2-3-7-20(19)28-23)26-18-9-12-29(13-10-18)14-11-24;/h2-8,18,22,26-28,30H,9-16,24H2,1H3;1H2. The third kappa shape index (κ3) is 5.37. The molecule has 4 rings (SSSR count). The third-order valence-corrected chi connectivity index (χ3v) is 6.00. The molecule has 1 saturated heterocycles. The summed E-state index contributed by atoms with van der Waals surface area (Å²) < 4.78 is 6.23. The van der Waals surface area contributed by atoms with Gasteiger partial charge < -0.3 is 36.6 Å². The Balaban J connectivity index is 0.00000289. The topological polar surface area (TPSA) is 139 Å². The lowest BCUT2D eigenvalue weighted by Crippen LogP contribution is -2.64. The highest BCUT2D eigenvalue weighted by Crippen LogP contribution is 2.40. The third-order valence-electron chi connectivity index (χ3n) is 6.00. The molecule has 0 bridgehead atoms. The fourth-order valence-electron chi connectivity index (χ4n) is 4.55. The van der Waals surface area contributed by atoms with E-state index >= 15 is 0 Å². The molecule has 1 unspecified atom stereocenters. The second kappa shape index (κ2) is 11.0. The van der Waals surface area contributed by atoms with Gasteiger partial charge in [-0.2, -0.15) is 0 Å². The smallest absolute Gasteiger partial charge is 0.197 e. The molecule has 1 aromatic carbocycles. The summed E-state index contributed by atoms with van der Waals surface area (Å²) in [5.74, 6) is -0.777. The summed E-state index contributed by atoms with van der Waals surface area (Å²) in [7, 11) is 0. The van der Waals surface area contributed by atoms with E-state index in [1.165, 1.54) is 0 Å². The van der Waals surface area contributed by atoms with E-state index in [1.54, 1.807) is 0 Å². The minimum atomic E-state index is -0.777. The van der Waals surface area contributed by atoms with Crippen molar-refractivity contribution < 1.29 is 15.3 Å². The Morgan fingerprint density at radius 3 is 2.47 bits per heavy atom. The lowest BCUT2D eigenvalue weighted by atomic mass is 10.0. The molecule has 0 amide bonds. The summed E-state index contributed by atoms with van der Waals surface area (Å²) in [6, 6.07) is 14.4. The van der Waals surface area contributed by atoms with Crippen molar-refractivity contribution in [1.82, 2.24) is 15.2 Å². The highest BCUT2D eigenvalue weighted by molar-refractivity contribution is 5.76. The second-order valence-electron chi connectivity index (χ2n) is 8.33. The average molecular weight is 445 g/mol. The van der Waals surface area contributed by atoms with Crippen molar-refractivity contribution in [2.75, 3.05) is 50.0 Å². The fourth-order valence-corrected chi connectivity index (χ4v) is 4.55. The molecule has 176 valence electrons. The zero-order valence-electron chi connectivity index (χ0n) is 18.7. The highest BCUT2D eigenvalue weighted by atomic mass is 16.5. The number of hydrogen-bond donors (Lipinski definition) is 5. The van der Waals surface area contributed by atoms with Crippen LogP contribution in [0.5, 0.6) is 0 Å². The van der Waals surface area contributed by atoms with Gasteiger partial charge >= 0.3 is 0 Å². The van der Waals surface area contributed by atoms with Crippen LogP contribution in [0, 0.1) is 6.92 Å². The number of likely N-dealkylation sites (tertiary alicyclic amines) is 1. The van der Waals surface area contributed by atoms with Crippen molar-refractivity contribution >= 4 is 11.4 Å². The zero-order valence-corrected chi connectivity index (χ0v) is 18.7. The predicted molar refractivity (Wildman–Crippen MR) is 126 cm³/mol. The van der Waals surface area contributed by atoms with Crippen molar-refractivity contribution in [2.45, 2.75) is 37.7 Å². The number of para-hydroxylation sites is 2. The summed E-state index contributed by atoms with van der Waals surface area (Å²) in [6.45, 7) is 5.81. The minimum absolute atomic E-state index is 0. The van der Waals surface area contributed by atoms with E-state index in [9.17, 15) is 5.11 Å². The summed E-state index contributed by atoms with van der Waals surface area (Å²) in [5.41, 5.74) is 9.51. The number of nitrogens with one attached hydrogen (secondary N) is 3. The number of ether oxygens (including phenoxy) is 1. The number of rotatable bonds is 9. The Morgan fingerprint density at radius 1 is 1.19 bits per heavy atom. The summed E-state index contributed by atoms with van der Waals surface area (Å²) in [4.78, 5) is 7.17. The number of benzene rings is 1. The van der Waals surface area contributed by atoms with Gasteiger partial charge in [-0.05, 0) is 57.1 Å². The monoisotopic (exact) mass is 444 g/mol. The lowest BCUT2D eigenvalue weighted by Gasteiger charge is -2.43. The van der Waals surface area contributed by atoms with E-state index in [0.29, 0.717) is 12.6 Å². The van der Waals surface area contributed by atoms with Crippen molar-refractivity contribution in [3.8, 4) is 0 Å². The van der Waals surface area contributed by atoms with Gasteiger partial charge in [-0.15, -0.1) is 0 Å². The Hall–Kier alpha value is -2.27. The summed E-state index contributed by atoms with van der Waals surface area (Å²) in [5, 5.41) is 20.6. The number of nitrogens with zero attached hydrogens (tertiary/aromatic N) is 2. The molecular weight excluding hydrogens is 408 g/mol. The number of aliphatic hydroxyl groups excluding tert-OH is 1. The quantitative estimate of drug-likeness (QED) is 0.383. The van der Waals surface area contributed by atoms with E-state index in [4.69, 9.17) is 15.5 Å². The number of pyridine rings is 1. The molecule has 9 nitrogen and oxygen atoms in total. The molecule has 2 aromatic rings. The largest absolute Gasteiger partial charge is 0.412 e. The fraction of sp³-hybridized carbons (Fsp3) is 0.522. The number of piperidine rings is 1. The van der Waals surface area contributed by atoms with Crippen LogP contribution in [0.3, 0.4) is 0 Å². The van der Waals surface area contributed by atoms with E-state index in [2.05, 4.69) is 33.0 Å². The van der Waals surface area contributed by atoms with Gasteiger partial charge in [-0.3, -0.25) is 10.3 Å². The molecule has 2 aliphatic heterocycles. The minimum Gasteiger partial charge on any atom is -0.412 e. The number of anilines is 2. The SMILES string of the molecule is Cc1cccc(C(OCCO)C2(NC3CCN(CCN)CC3)Nc3ccccc3N2)n1.O. The highest BCUT2D eigenvalue weighted by Gasteiger charge is 2.47. The Bertz CT molecular complexity index is 834. The van der Waals surface area contributed by atoms with Gasteiger partial charge in [0.25, 0.3) is 0 Å². The van der Waals surface area contributed by atoms with E-state index < -0.39 is 11.9 Å². The first kappa shape index (κ1) is 24.4. The molecule has 0 radical (unpaired) electrons. The molecular formula is C23H36N6O3. The molecule has 2 aliphatic rings. The van der Waals surface area contributed by atoms with Crippen LogP contribution in [0.4, 0.5) is 11.4 Å². The summed E-state index contributed by atoms with van der Waals surface area (Å²) >= 11 is 0. The number of aliphatic hydroxyl groups is 1. The lowest BCUT2D eigenvalue weighted by molar-refractivity contribution is -0.0210. The molecule has 9 heteroatoms. The van der Waals surface area contributed by atoms with Crippen LogP contribution in [-0.4, -0.2) is 71.7 Å². The zero-order chi connectivity index (χ0) is 21.7. The van der Waals surface area contributed by atoms with Gasteiger partial charge in [0.1, 0.15) is 0 Å². The molecule has 8 N–H and O–H groups in total. The molecule has 0 aliphatic carbocycles. The number of fused-ring (bicyclic) bond motifs is 1. The molecule has 3 heterocycles. The first-order valence-corrected chi connectivity index (χ1v) is 11.1. The second-order valence-corrected chi connectivity index (χ2v) is 8.33. The molecule has 32 heavy (non-hydrogen) atoms. The maximum atomic E-state index is 9.50. The Labute approximate surface area is 189 Å². The van der Waals surface area contributed by atoms with Crippen LogP contribution in [0.2, 0.25) is 0 Å². The van der Waals surface area contributed by atoms with Gasteiger partial charge in [-0.1, -0.05) is 18.2 Å². The number of aromatic nitrogens is 1. The number of hydrogen-bond acceptors (Lipinski definition) is 8. The normalized spacial score (nSPS) is 18.8. The van der Waals surface area contributed by atoms with Gasteiger partial charge in [0.05, 0.1) is 30.3 Å². The first-order valence-electron chi connectivity index (χ1n) is 11.1. The van der Waals surface area contributed by atoms with Crippen LogP contribution in [-0.2, 0) is 4.74 Å². The van der Waals surface area contributed by atoms with Crippen LogP contribution in [0.25, 0.3) is 0 Å². The number of nitrogens with two attached hydrogens (primary N) is 1. The molecule has 1 atom stereocenters. The predicted octanol–water partition coefficient (Wildman–Crippen LogP) is 0.819. The summed E-state index contributed by atoms with van der Waals surface area (Å²) in [6.07, 6.45) is 1.60. The van der Waals surface area contributed by atoms with E-state index in [-0.39, 0.29) is 18.7 Å². The van der Waals surface area contributed by atoms with Gasteiger partial charge in [-0.25, -0.2) is 0 Å². The van der Waals surface area contributed by atoms with Crippen molar-refractivity contribution in [2.24, 2.45) is 5.73 Å². The molecule has 1 fully saturated rings. The van der Waals surface area contributed by atoms with Crippen molar-refractivity contribution in [3.63, 3.8) is 0 Å². The van der Waals surface area contributed by atoms with Crippen LogP contribution < -0.4 is 21.7 Å².